The van der Waals surface area contributed by atoms with E-state index in [2.05, 4.69) is 22.6 Å². The first-order valence-corrected chi connectivity index (χ1v) is 10.8. The summed E-state index contributed by atoms with van der Waals surface area (Å²) in [5, 5.41) is 4.97. The molecule has 4 rings (SSSR count). The molecule has 2 heterocycles. The molecule has 0 bridgehead atoms. The molecule has 1 aliphatic carbocycles. The van der Waals surface area contributed by atoms with Gasteiger partial charge in [-0.1, -0.05) is 50.8 Å². The number of hydrogen-bond donors (Lipinski definition) is 2. The molecule has 2 N–H and O–H groups in total. The molecule has 1 aromatic carbocycles. The van der Waals surface area contributed by atoms with Crippen molar-refractivity contribution >= 4 is 17.5 Å². The lowest BCUT2D eigenvalue weighted by Gasteiger charge is -2.38. The maximum Gasteiger partial charge on any atom is 0.247 e. The number of fused-ring (bicyclic) bond motifs is 1. The Kier molecular flexibility index (Phi) is 5.97. The number of amides is 2. The Bertz CT molecular complexity index is 687. The summed E-state index contributed by atoms with van der Waals surface area (Å²) in [6.07, 6.45) is 7.08. The summed E-state index contributed by atoms with van der Waals surface area (Å²) >= 11 is 0. The number of carbonyl (C=O) groups is 2. The van der Waals surface area contributed by atoms with E-state index in [0.29, 0.717) is 13.1 Å². The van der Waals surface area contributed by atoms with Crippen LogP contribution in [0.4, 0.5) is 5.69 Å². The van der Waals surface area contributed by atoms with E-state index in [0.717, 1.165) is 25.1 Å². The summed E-state index contributed by atoms with van der Waals surface area (Å²) in [6, 6.07) is 9.82. The fourth-order valence-electron chi connectivity index (χ4n) is 4.94. The number of hydrazine groups is 1. The van der Waals surface area contributed by atoms with Crippen molar-refractivity contribution in [1.82, 2.24) is 15.6 Å². The van der Waals surface area contributed by atoms with Crippen molar-refractivity contribution in [2.75, 3.05) is 24.6 Å². The van der Waals surface area contributed by atoms with Crippen LogP contribution in [0.25, 0.3) is 0 Å². The lowest BCUT2D eigenvalue weighted by atomic mass is 9.83. The molecular weight excluding hydrogens is 352 g/mol. The Labute approximate surface area is 167 Å². The summed E-state index contributed by atoms with van der Waals surface area (Å²) in [7, 11) is 0. The number of hydrogen-bond acceptors (Lipinski definition) is 4. The number of nitrogens with zero attached hydrogens (tertiary/aromatic N) is 2. The minimum atomic E-state index is -0.209. The van der Waals surface area contributed by atoms with Gasteiger partial charge in [-0.3, -0.25) is 9.59 Å². The Morgan fingerprint density at radius 1 is 1.11 bits per heavy atom. The molecule has 152 valence electrons. The van der Waals surface area contributed by atoms with Gasteiger partial charge in [-0.25, -0.2) is 10.4 Å². The largest absolute Gasteiger partial charge is 0.353 e. The second kappa shape index (κ2) is 8.62. The standard InChI is InChI=1S/C22H32N4O2/c1-2-25-14-18(21(27)23-16-10-6-3-4-7-11-16)20-19(15-25)22(28)26(24-20)17-12-8-5-9-13-17/h5,8-9,12-13,16,18-20,24H,2-4,6-7,10-11,14-15H2,1H3,(H,23,27). The molecule has 0 radical (unpaired) electrons. The van der Waals surface area contributed by atoms with Crippen LogP contribution in [0.3, 0.4) is 0 Å². The van der Waals surface area contributed by atoms with Gasteiger partial charge in [0, 0.05) is 19.1 Å². The van der Waals surface area contributed by atoms with E-state index in [-0.39, 0.29) is 35.7 Å². The first-order valence-electron chi connectivity index (χ1n) is 10.8. The summed E-state index contributed by atoms with van der Waals surface area (Å²) < 4.78 is 0. The van der Waals surface area contributed by atoms with Gasteiger partial charge in [-0.05, 0) is 31.5 Å². The van der Waals surface area contributed by atoms with Crippen LogP contribution in [0.15, 0.2) is 30.3 Å². The van der Waals surface area contributed by atoms with E-state index in [1.54, 1.807) is 5.01 Å². The minimum absolute atomic E-state index is 0.0709. The Morgan fingerprint density at radius 3 is 2.50 bits per heavy atom. The average Bonchev–Trinajstić information content (AvgIpc) is 2.89. The molecule has 28 heavy (non-hydrogen) atoms. The van der Waals surface area contributed by atoms with Gasteiger partial charge in [0.05, 0.1) is 23.6 Å². The Morgan fingerprint density at radius 2 is 1.82 bits per heavy atom. The molecule has 2 saturated heterocycles. The minimum Gasteiger partial charge on any atom is -0.353 e. The van der Waals surface area contributed by atoms with E-state index < -0.39 is 0 Å². The summed E-state index contributed by atoms with van der Waals surface area (Å²) in [4.78, 5) is 28.6. The smallest absolute Gasteiger partial charge is 0.247 e. The van der Waals surface area contributed by atoms with Gasteiger partial charge in [0.1, 0.15) is 0 Å². The first-order chi connectivity index (χ1) is 13.7. The molecule has 6 nitrogen and oxygen atoms in total. The number of piperidine rings is 1. The van der Waals surface area contributed by atoms with Crippen molar-refractivity contribution in [2.45, 2.75) is 57.5 Å². The molecule has 2 aliphatic heterocycles. The predicted octanol–water partition coefficient (Wildman–Crippen LogP) is 2.31. The zero-order chi connectivity index (χ0) is 19.5. The number of nitrogens with one attached hydrogen (secondary N) is 2. The van der Waals surface area contributed by atoms with Crippen molar-refractivity contribution in [3.8, 4) is 0 Å². The maximum atomic E-state index is 13.2. The highest BCUT2D eigenvalue weighted by Gasteiger charge is 2.50. The van der Waals surface area contributed by atoms with Crippen LogP contribution >= 0.6 is 0 Å². The van der Waals surface area contributed by atoms with Gasteiger partial charge in [0.2, 0.25) is 11.8 Å². The SMILES string of the molecule is CCN1CC(C(=O)NC2CCCCCC2)C2NN(c3ccccc3)C(=O)C2C1. The third kappa shape index (κ3) is 3.94. The van der Waals surface area contributed by atoms with Crippen molar-refractivity contribution in [1.29, 1.82) is 0 Å². The van der Waals surface area contributed by atoms with Gasteiger partial charge < -0.3 is 10.2 Å². The van der Waals surface area contributed by atoms with E-state index in [4.69, 9.17) is 0 Å². The highest BCUT2D eigenvalue weighted by Crippen LogP contribution is 2.32. The summed E-state index contributed by atoms with van der Waals surface area (Å²) in [5.41, 5.74) is 4.22. The van der Waals surface area contributed by atoms with Crippen LogP contribution in [-0.4, -0.2) is 48.4 Å². The third-order valence-electron chi connectivity index (χ3n) is 6.59. The first kappa shape index (κ1) is 19.4. The quantitative estimate of drug-likeness (QED) is 0.782. The molecule has 3 unspecified atom stereocenters. The molecule has 3 aliphatic rings. The summed E-state index contributed by atoms with van der Waals surface area (Å²) in [5.74, 6) is -0.213. The van der Waals surface area contributed by atoms with Gasteiger partial charge >= 0.3 is 0 Å². The second-order valence-electron chi connectivity index (χ2n) is 8.43. The lowest BCUT2D eigenvalue weighted by Crippen LogP contribution is -2.57. The molecule has 0 aromatic heterocycles. The monoisotopic (exact) mass is 384 g/mol. The van der Waals surface area contributed by atoms with E-state index in [1.165, 1.54) is 25.7 Å². The van der Waals surface area contributed by atoms with Crippen LogP contribution in [-0.2, 0) is 9.59 Å². The Balaban J connectivity index is 1.51. The lowest BCUT2D eigenvalue weighted by molar-refractivity contribution is -0.130. The van der Waals surface area contributed by atoms with Crippen LogP contribution in [0.5, 0.6) is 0 Å². The number of anilines is 1. The molecular formula is C22H32N4O2. The van der Waals surface area contributed by atoms with E-state index >= 15 is 0 Å². The number of carbonyl (C=O) groups excluding carboxylic acids is 2. The molecule has 1 aromatic rings. The predicted molar refractivity (Wildman–Crippen MR) is 110 cm³/mol. The van der Waals surface area contributed by atoms with Crippen molar-refractivity contribution in [3.63, 3.8) is 0 Å². The number of rotatable bonds is 4. The molecule has 3 fully saturated rings. The molecule has 2 amide bonds. The molecule has 1 saturated carbocycles. The molecule has 3 atom stereocenters. The Hall–Kier alpha value is -1.92. The van der Waals surface area contributed by atoms with Crippen LogP contribution < -0.4 is 15.8 Å². The molecule has 6 heteroatoms. The topological polar surface area (TPSA) is 64.7 Å². The second-order valence-corrected chi connectivity index (χ2v) is 8.43. The van der Waals surface area contributed by atoms with Crippen LogP contribution in [0, 0.1) is 11.8 Å². The van der Waals surface area contributed by atoms with Gasteiger partial charge in [-0.15, -0.1) is 0 Å². The zero-order valence-corrected chi connectivity index (χ0v) is 16.8. The number of likely N-dealkylation sites (tertiary alicyclic amines) is 1. The normalized spacial score (nSPS) is 29.4. The van der Waals surface area contributed by atoms with Gasteiger partial charge in [0.25, 0.3) is 0 Å². The highest BCUT2D eigenvalue weighted by atomic mass is 16.2. The average molecular weight is 385 g/mol. The fraction of sp³-hybridized carbons (Fsp3) is 0.636. The number of benzene rings is 1. The van der Waals surface area contributed by atoms with Gasteiger partial charge in [0.15, 0.2) is 0 Å². The van der Waals surface area contributed by atoms with Crippen molar-refractivity contribution < 1.29 is 9.59 Å². The summed E-state index contributed by atoms with van der Waals surface area (Å²) in [6.45, 7) is 4.38. The van der Waals surface area contributed by atoms with E-state index in [9.17, 15) is 9.59 Å². The highest BCUT2D eigenvalue weighted by molar-refractivity contribution is 5.98. The third-order valence-corrected chi connectivity index (χ3v) is 6.59. The van der Waals surface area contributed by atoms with Crippen LogP contribution in [0.1, 0.15) is 45.4 Å². The number of para-hydroxylation sites is 1. The molecule has 0 spiro atoms. The zero-order valence-electron chi connectivity index (χ0n) is 16.8. The van der Waals surface area contributed by atoms with Crippen LogP contribution in [0.2, 0.25) is 0 Å². The fourth-order valence-corrected chi connectivity index (χ4v) is 4.94. The van der Waals surface area contributed by atoms with Crippen molar-refractivity contribution in [2.24, 2.45) is 11.8 Å². The maximum absolute atomic E-state index is 13.2. The van der Waals surface area contributed by atoms with E-state index in [1.807, 2.05) is 30.3 Å². The van der Waals surface area contributed by atoms with Crippen molar-refractivity contribution in [3.05, 3.63) is 30.3 Å². The van der Waals surface area contributed by atoms with Gasteiger partial charge in [-0.2, -0.15) is 0 Å².